The second kappa shape index (κ2) is 12.3. The maximum Gasteiger partial charge on any atom is 0.0534 e. The van der Waals surface area contributed by atoms with Crippen LogP contribution >= 0.6 is 22.7 Å². The molecule has 0 fully saturated rings. The fourth-order valence-corrected chi connectivity index (χ4v) is 12.4. The van der Waals surface area contributed by atoms with E-state index in [2.05, 4.69) is 194 Å². The van der Waals surface area contributed by atoms with E-state index in [1.54, 1.807) is 0 Å². The second-order valence-corrected chi connectivity index (χ2v) is 17.6. The average molecular weight is 769 g/mol. The van der Waals surface area contributed by atoms with Gasteiger partial charge in [0.25, 0.3) is 0 Å². The molecule has 0 nitrogen and oxygen atoms in total. The smallest absolute Gasteiger partial charge is 0.0534 e. The Morgan fingerprint density at radius 2 is 0.707 bits per heavy atom. The number of thiophene rings is 2. The van der Waals surface area contributed by atoms with E-state index in [-0.39, 0.29) is 0 Å². The molecule has 0 bridgehead atoms. The molecule has 2 aromatic heterocycles. The summed E-state index contributed by atoms with van der Waals surface area (Å²) in [6, 6.07) is 72.5. The molecule has 0 saturated carbocycles. The molecule has 2 heterocycles. The predicted octanol–water partition coefficient (Wildman–Crippen LogP) is 17.2. The Labute approximate surface area is 342 Å². The normalized spacial score (nSPS) is 12.1. The highest BCUT2D eigenvalue weighted by atomic mass is 32.1. The van der Waals surface area contributed by atoms with Crippen molar-refractivity contribution < 1.29 is 0 Å². The Hall–Kier alpha value is -6.84. The number of fused-ring (bicyclic) bond motifs is 13. The molecule has 0 aliphatic carbocycles. The predicted molar refractivity (Wildman–Crippen MR) is 256 cm³/mol. The van der Waals surface area contributed by atoms with Crippen LogP contribution in [-0.2, 0) is 0 Å². The van der Waals surface area contributed by atoms with Crippen molar-refractivity contribution in [2.45, 2.75) is 0 Å². The summed E-state index contributed by atoms with van der Waals surface area (Å²) in [4.78, 5) is 0. The summed E-state index contributed by atoms with van der Waals surface area (Å²) in [6.45, 7) is 0. The van der Waals surface area contributed by atoms with Crippen molar-refractivity contribution in [1.82, 2.24) is 0 Å². The van der Waals surface area contributed by atoms with Crippen molar-refractivity contribution >= 4 is 117 Å². The van der Waals surface area contributed by atoms with E-state index in [0.29, 0.717) is 0 Å². The monoisotopic (exact) mass is 768 g/mol. The highest BCUT2D eigenvalue weighted by Gasteiger charge is 2.19. The van der Waals surface area contributed by atoms with E-state index < -0.39 is 0 Å². The van der Waals surface area contributed by atoms with Crippen LogP contribution in [0.4, 0.5) is 0 Å². The molecule has 0 amide bonds. The lowest BCUT2D eigenvalue weighted by molar-refractivity contribution is 1.67. The van der Waals surface area contributed by atoms with Gasteiger partial charge in [0.15, 0.2) is 0 Å². The molecule has 0 spiro atoms. The Bertz CT molecular complexity index is 3800. The third-order valence-corrected chi connectivity index (χ3v) is 14.9. The van der Waals surface area contributed by atoms with E-state index in [9.17, 15) is 0 Å². The largest absolute Gasteiger partial charge is 0.134 e. The van der Waals surface area contributed by atoms with E-state index in [0.717, 1.165) is 0 Å². The minimum absolute atomic E-state index is 1.24. The fraction of sp³-hybridized carbons (Fsp3) is 0. The second-order valence-electron chi connectivity index (χ2n) is 15.5. The molecule has 0 N–H and O–H groups in total. The van der Waals surface area contributed by atoms with Gasteiger partial charge < -0.3 is 0 Å². The minimum atomic E-state index is 1.24. The summed E-state index contributed by atoms with van der Waals surface area (Å²) in [6.07, 6.45) is 0. The quantitative estimate of drug-likeness (QED) is 0.157. The Morgan fingerprint density at radius 1 is 0.259 bits per heavy atom. The van der Waals surface area contributed by atoms with Gasteiger partial charge in [-0.1, -0.05) is 164 Å². The Balaban J connectivity index is 0.978. The van der Waals surface area contributed by atoms with Crippen LogP contribution in [0.15, 0.2) is 194 Å². The molecule has 0 unspecified atom stereocenters. The lowest BCUT2D eigenvalue weighted by Gasteiger charge is -2.18. The average Bonchev–Trinajstić information content (AvgIpc) is 3.86. The van der Waals surface area contributed by atoms with Crippen LogP contribution in [0.2, 0.25) is 0 Å². The van der Waals surface area contributed by atoms with Gasteiger partial charge in [0.1, 0.15) is 0 Å². The summed E-state index contributed by atoms with van der Waals surface area (Å²) < 4.78 is 5.49. The van der Waals surface area contributed by atoms with Crippen LogP contribution in [0.1, 0.15) is 0 Å². The zero-order valence-corrected chi connectivity index (χ0v) is 32.9. The standard InChI is InChI=1S/C56H32S2/c1-2-12-34-30-38(25-21-33(34)11-1)52-43-16-5-7-18-45(43)53(46-19-8-6-17-44(46)52)39-26-23-35-29-37(24-22-36(35)31-39)49-32-51-54(42-15-4-3-13-40(42)49)48-28-27-47-41-14-9-10-20-50(41)57-55(47)56(48)58-51/h1-32H. The summed E-state index contributed by atoms with van der Waals surface area (Å²) in [5, 5.41) is 18.2. The van der Waals surface area contributed by atoms with Crippen molar-refractivity contribution in [2.24, 2.45) is 0 Å². The number of hydrogen-bond donors (Lipinski definition) is 0. The maximum absolute atomic E-state index is 2.45. The first kappa shape index (κ1) is 32.3. The molecule has 0 radical (unpaired) electrons. The molecule has 0 aliphatic heterocycles. The first-order chi connectivity index (χ1) is 28.7. The molecule has 13 aromatic rings. The third-order valence-electron chi connectivity index (χ3n) is 12.4. The Morgan fingerprint density at radius 3 is 1.38 bits per heavy atom. The first-order valence-corrected chi connectivity index (χ1v) is 21.5. The third kappa shape index (κ3) is 4.68. The van der Waals surface area contributed by atoms with Crippen LogP contribution in [0.25, 0.3) is 128 Å². The lowest BCUT2D eigenvalue weighted by Crippen LogP contribution is -1.91. The molecule has 0 saturated heterocycles. The minimum Gasteiger partial charge on any atom is -0.134 e. The van der Waals surface area contributed by atoms with Gasteiger partial charge in [0.2, 0.25) is 0 Å². The van der Waals surface area contributed by atoms with Gasteiger partial charge in [0, 0.05) is 30.9 Å². The zero-order valence-electron chi connectivity index (χ0n) is 31.3. The van der Waals surface area contributed by atoms with E-state index in [1.807, 2.05) is 22.7 Å². The molecular formula is C56H32S2. The van der Waals surface area contributed by atoms with Gasteiger partial charge >= 0.3 is 0 Å². The van der Waals surface area contributed by atoms with Gasteiger partial charge in [0.05, 0.1) is 9.40 Å². The molecule has 58 heavy (non-hydrogen) atoms. The van der Waals surface area contributed by atoms with Crippen molar-refractivity contribution in [3.8, 4) is 33.4 Å². The number of rotatable bonds is 3. The highest BCUT2D eigenvalue weighted by Crippen LogP contribution is 2.49. The van der Waals surface area contributed by atoms with E-state index in [1.165, 1.54) is 128 Å². The summed E-state index contributed by atoms with van der Waals surface area (Å²) in [7, 11) is 0. The fourth-order valence-electron chi connectivity index (χ4n) is 9.78. The topological polar surface area (TPSA) is 0 Å². The van der Waals surface area contributed by atoms with Gasteiger partial charge in [-0.3, -0.25) is 0 Å². The van der Waals surface area contributed by atoms with Crippen molar-refractivity contribution in [3.05, 3.63) is 194 Å². The molecule has 13 rings (SSSR count). The van der Waals surface area contributed by atoms with E-state index in [4.69, 9.17) is 0 Å². The van der Waals surface area contributed by atoms with Gasteiger partial charge in [-0.05, 0) is 118 Å². The Kier molecular flexibility index (Phi) is 6.86. The molecule has 268 valence electrons. The van der Waals surface area contributed by atoms with Crippen LogP contribution in [-0.4, -0.2) is 0 Å². The van der Waals surface area contributed by atoms with Crippen LogP contribution in [0.3, 0.4) is 0 Å². The van der Waals surface area contributed by atoms with Crippen molar-refractivity contribution in [3.63, 3.8) is 0 Å². The number of hydrogen-bond acceptors (Lipinski definition) is 2. The van der Waals surface area contributed by atoms with E-state index >= 15 is 0 Å². The van der Waals surface area contributed by atoms with Gasteiger partial charge in [-0.15, -0.1) is 22.7 Å². The molecule has 11 aromatic carbocycles. The van der Waals surface area contributed by atoms with Gasteiger partial charge in [-0.25, -0.2) is 0 Å². The van der Waals surface area contributed by atoms with Crippen molar-refractivity contribution in [1.29, 1.82) is 0 Å². The van der Waals surface area contributed by atoms with Crippen LogP contribution in [0.5, 0.6) is 0 Å². The van der Waals surface area contributed by atoms with Gasteiger partial charge in [-0.2, -0.15) is 0 Å². The van der Waals surface area contributed by atoms with Crippen LogP contribution < -0.4 is 0 Å². The van der Waals surface area contributed by atoms with Crippen molar-refractivity contribution in [2.75, 3.05) is 0 Å². The molecule has 0 aliphatic rings. The maximum atomic E-state index is 2.45. The first-order valence-electron chi connectivity index (χ1n) is 19.9. The molecule has 2 heteroatoms. The van der Waals surface area contributed by atoms with Crippen LogP contribution in [0, 0.1) is 0 Å². The zero-order chi connectivity index (χ0) is 37.9. The summed E-state index contributed by atoms with van der Waals surface area (Å²) in [5.74, 6) is 0. The molecule has 0 atom stereocenters. The summed E-state index contributed by atoms with van der Waals surface area (Å²) in [5.41, 5.74) is 7.60. The SMILES string of the molecule is c1ccc2cc(-c3c4ccccc4c(-c4ccc5cc(-c6cc7sc8c(ccc9c%10ccccc%10sc98)c7c7ccccc67)ccc5c4)c4ccccc34)ccc2c1. The summed E-state index contributed by atoms with van der Waals surface area (Å²) >= 11 is 3.87. The highest BCUT2D eigenvalue weighted by molar-refractivity contribution is 7.33. The number of benzene rings is 11. The lowest BCUT2D eigenvalue weighted by atomic mass is 9.85. The molecular weight excluding hydrogens is 737 g/mol.